The Kier molecular flexibility index (Phi) is 2.52. The van der Waals surface area contributed by atoms with Crippen LogP contribution in [-0.4, -0.2) is 54.0 Å². The fourth-order valence-electron chi connectivity index (χ4n) is 1.85. The van der Waals surface area contributed by atoms with Crippen LogP contribution in [-0.2, 0) is 0 Å². The first kappa shape index (κ1) is 10.8. The molecule has 0 aliphatic carbocycles. The molecule has 3 heterocycles. The first-order valence-corrected chi connectivity index (χ1v) is 5.52. The van der Waals surface area contributed by atoms with Crippen LogP contribution >= 0.6 is 0 Å². The summed E-state index contributed by atoms with van der Waals surface area (Å²) in [6.07, 6.45) is 3.22. The van der Waals surface area contributed by atoms with Crippen LogP contribution in [0.1, 0.15) is 6.42 Å². The minimum absolute atomic E-state index is 0.117. The van der Waals surface area contributed by atoms with Gasteiger partial charge in [-0.25, -0.2) is 4.98 Å². The predicted molar refractivity (Wildman–Crippen MR) is 62.0 cm³/mol. The van der Waals surface area contributed by atoms with E-state index in [1.807, 2.05) is 4.90 Å². The van der Waals surface area contributed by atoms with E-state index in [1.54, 1.807) is 0 Å². The third-order valence-electron chi connectivity index (χ3n) is 2.70. The van der Waals surface area contributed by atoms with Gasteiger partial charge in [-0.1, -0.05) is 0 Å². The Balaban J connectivity index is 1.96. The maximum atomic E-state index is 9.51. The summed E-state index contributed by atoms with van der Waals surface area (Å²) in [6, 6.07) is 0. The van der Waals surface area contributed by atoms with Crippen molar-refractivity contribution in [2.45, 2.75) is 12.5 Å². The zero-order valence-corrected chi connectivity index (χ0v) is 9.51. The molecule has 18 heavy (non-hydrogen) atoms. The fraction of sp³-hybridized carbons (Fsp3) is 0.444. The first-order chi connectivity index (χ1) is 8.72. The predicted octanol–water partition coefficient (Wildman–Crippen LogP) is -1.39. The van der Waals surface area contributed by atoms with Crippen molar-refractivity contribution >= 4 is 11.9 Å². The number of nitrogens with zero attached hydrogens (tertiary/aromatic N) is 7. The minimum atomic E-state index is -0.349. The van der Waals surface area contributed by atoms with Crippen molar-refractivity contribution in [3.05, 3.63) is 12.7 Å². The smallest absolute Gasteiger partial charge is 0.258 e. The van der Waals surface area contributed by atoms with E-state index < -0.39 is 0 Å². The van der Waals surface area contributed by atoms with Crippen molar-refractivity contribution in [1.82, 2.24) is 29.7 Å². The number of nitrogens with two attached hydrogens (primary N) is 1. The number of nitrogen functional groups attached to an aromatic ring is 1. The van der Waals surface area contributed by atoms with E-state index in [2.05, 4.69) is 25.0 Å². The lowest BCUT2D eigenvalue weighted by Crippen LogP contribution is -2.25. The van der Waals surface area contributed by atoms with Crippen molar-refractivity contribution in [2.75, 3.05) is 23.7 Å². The van der Waals surface area contributed by atoms with Gasteiger partial charge in [-0.3, -0.25) is 0 Å². The Morgan fingerprint density at radius 3 is 2.78 bits per heavy atom. The lowest BCUT2D eigenvalue weighted by molar-refractivity contribution is 0.198. The Morgan fingerprint density at radius 1 is 1.28 bits per heavy atom. The SMILES string of the molecule is Nc1nc(N2CCC(O)C2)nc(-n2cncn2)n1. The molecular formula is C9H12N8O. The molecule has 0 bridgehead atoms. The van der Waals surface area contributed by atoms with Gasteiger partial charge in [-0.2, -0.15) is 24.7 Å². The van der Waals surface area contributed by atoms with Gasteiger partial charge in [0.1, 0.15) is 12.7 Å². The third-order valence-corrected chi connectivity index (χ3v) is 2.70. The summed E-state index contributed by atoms with van der Waals surface area (Å²) in [5.41, 5.74) is 5.65. The highest BCUT2D eigenvalue weighted by Crippen LogP contribution is 2.17. The average Bonchev–Trinajstić information content (AvgIpc) is 2.98. The number of rotatable bonds is 2. The van der Waals surface area contributed by atoms with Gasteiger partial charge in [0.15, 0.2) is 0 Å². The number of aromatic nitrogens is 6. The number of hydrogen-bond acceptors (Lipinski definition) is 8. The quantitative estimate of drug-likeness (QED) is 0.666. The summed E-state index contributed by atoms with van der Waals surface area (Å²) in [4.78, 5) is 18.0. The highest BCUT2D eigenvalue weighted by molar-refractivity contribution is 5.38. The van der Waals surface area contributed by atoms with Crippen LogP contribution in [0.5, 0.6) is 0 Å². The van der Waals surface area contributed by atoms with Crippen LogP contribution < -0.4 is 10.6 Å². The molecule has 2 aromatic heterocycles. The molecule has 1 saturated heterocycles. The van der Waals surface area contributed by atoms with Crippen LogP contribution in [0.2, 0.25) is 0 Å². The monoisotopic (exact) mass is 248 g/mol. The van der Waals surface area contributed by atoms with E-state index in [-0.39, 0.29) is 12.1 Å². The number of anilines is 2. The molecule has 3 N–H and O–H groups in total. The summed E-state index contributed by atoms with van der Waals surface area (Å²) >= 11 is 0. The topological polar surface area (TPSA) is 119 Å². The third kappa shape index (κ3) is 1.95. The standard InChI is InChI=1S/C9H12N8O/c10-7-13-8(16-2-1-6(18)3-16)15-9(14-7)17-5-11-4-12-17/h4-6,18H,1-3H2,(H2,10,13,14,15). The molecule has 0 spiro atoms. The van der Waals surface area contributed by atoms with Gasteiger partial charge in [-0.15, -0.1) is 0 Å². The average molecular weight is 248 g/mol. The lowest BCUT2D eigenvalue weighted by Gasteiger charge is -2.15. The molecule has 9 nitrogen and oxygen atoms in total. The van der Waals surface area contributed by atoms with Gasteiger partial charge in [0.05, 0.1) is 6.10 Å². The van der Waals surface area contributed by atoms with E-state index in [4.69, 9.17) is 5.73 Å². The van der Waals surface area contributed by atoms with E-state index in [1.165, 1.54) is 17.3 Å². The molecule has 3 rings (SSSR count). The Bertz CT molecular complexity index is 542. The molecule has 0 radical (unpaired) electrons. The number of β-amino-alcohol motifs (C(OH)–C–C–N with tert-alkyl or cyclic N) is 1. The number of hydrogen-bond donors (Lipinski definition) is 2. The fourth-order valence-corrected chi connectivity index (χ4v) is 1.85. The van der Waals surface area contributed by atoms with Crippen molar-refractivity contribution in [2.24, 2.45) is 0 Å². The van der Waals surface area contributed by atoms with Crippen molar-refractivity contribution in [1.29, 1.82) is 0 Å². The minimum Gasteiger partial charge on any atom is -0.391 e. The summed E-state index contributed by atoms with van der Waals surface area (Å²) in [6.45, 7) is 1.20. The van der Waals surface area contributed by atoms with Crippen molar-refractivity contribution in [3.63, 3.8) is 0 Å². The van der Waals surface area contributed by atoms with Gasteiger partial charge in [-0.05, 0) is 6.42 Å². The van der Waals surface area contributed by atoms with Crippen LogP contribution in [0.3, 0.4) is 0 Å². The summed E-state index contributed by atoms with van der Waals surface area (Å²) in [5, 5.41) is 13.5. The Hall–Kier alpha value is -2.29. The molecule has 2 aromatic rings. The summed E-state index contributed by atoms with van der Waals surface area (Å²) in [7, 11) is 0. The highest BCUT2D eigenvalue weighted by atomic mass is 16.3. The summed E-state index contributed by atoms with van der Waals surface area (Å²) in [5.74, 6) is 0.882. The molecule has 1 unspecified atom stereocenters. The van der Waals surface area contributed by atoms with Crippen LogP contribution in [0.25, 0.3) is 5.95 Å². The maximum Gasteiger partial charge on any atom is 0.258 e. The zero-order chi connectivity index (χ0) is 12.5. The largest absolute Gasteiger partial charge is 0.391 e. The van der Waals surface area contributed by atoms with Gasteiger partial charge in [0.2, 0.25) is 11.9 Å². The first-order valence-electron chi connectivity index (χ1n) is 5.52. The number of aliphatic hydroxyl groups excluding tert-OH is 1. The molecule has 1 aliphatic heterocycles. The second-order valence-electron chi connectivity index (χ2n) is 4.02. The van der Waals surface area contributed by atoms with E-state index >= 15 is 0 Å². The normalized spacial score (nSPS) is 19.4. The van der Waals surface area contributed by atoms with E-state index in [0.29, 0.717) is 31.4 Å². The van der Waals surface area contributed by atoms with Crippen LogP contribution in [0.4, 0.5) is 11.9 Å². The molecule has 1 atom stereocenters. The van der Waals surface area contributed by atoms with Crippen molar-refractivity contribution in [3.8, 4) is 5.95 Å². The van der Waals surface area contributed by atoms with E-state index in [9.17, 15) is 5.11 Å². The summed E-state index contributed by atoms with van der Waals surface area (Å²) < 4.78 is 1.41. The second-order valence-corrected chi connectivity index (χ2v) is 4.02. The molecule has 0 aromatic carbocycles. The van der Waals surface area contributed by atoms with Gasteiger partial charge in [0.25, 0.3) is 5.95 Å². The zero-order valence-electron chi connectivity index (χ0n) is 9.51. The molecule has 1 fully saturated rings. The molecule has 94 valence electrons. The Labute approximate surface area is 102 Å². The molecular weight excluding hydrogens is 236 g/mol. The Morgan fingerprint density at radius 2 is 2.11 bits per heavy atom. The molecule has 0 amide bonds. The van der Waals surface area contributed by atoms with Crippen molar-refractivity contribution < 1.29 is 5.11 Å². The van der Waals surface area contributed by atoms with E-state index in [0.717, 1.165) is 0 Å². The molecule has 9 heteroatoms. The van der Waals surface area contributed by atoms with Gasteiger partial charge in [0, 0.05) is 13.1 Å². The highest BCUT2D eigenvalue weighted by Gasteiger charge is 2.23. The number of aliphatic hydroxyl groups is 1. The van der Waals surface area contributed by atoms with Crippen LogP contribution in [0, 0.1) is 0 Å². The van der Waals surface area contributed by atoms with Gasteiger partial charge < -0.3 is 15.7 Å². The molecule has 1 aliphatic rings. The second kappa shape index (κ2) is 4.18. The van der Waals surface area contributed by atoms with Crippen LogP contribution in [0.15, 0.2) is 12.7 Å². The van der Waals surface area contributed by atoms with Gasteiger partial charge >= 0.3 is 0 Å². The lowest BCUT2D eigenvalue weighted by atomic mass is 10.3. The maximum absolute atomic E-state index is 9.51. The molecule has 0 saturated carbocycles.